The van der Waals surface area contributed by atoms with Crippen LogP contribution in [-0.4, -0.2) is 11.9 Å². The maximum Gasteiger partial charge on any atom is 0.127 e. The van der Waals surface area contributed by atoms with Crippen molar-refractivity contribution < 1.29 is 24.2 Å². The van der Waals surface area contributed by atoms with E-state index in [-0.39, 0.29) is 11.1 Å². The highest BCUT2D eigenvalue weighted by molar-refractivity contribution is 5.97. The Morgan fingerprint density at radius 2 is 1.94 bits per heavy atom. The zero-order chi connectivity index (χ0) is 13.0. The van der Waals surface area contributed by atoms with Crippen LogP contribution in [0, 0.1) is 6.92 Å². The molecule has 90 valence electrons. The molecule has 0 saturated heterocycles. The van der Waals surface area contributed by atoms with Crippen molar-refractivity contribution in [3.05, 3.63) is 40.9 Å². The van der Waals surface area contributed by atoms with Gasteiger partial charge in [0.1, 0.15) is 11.5 Å². The Morgan fingerprint density at radius 1 is 1.29 bits per heavy atom. The normalized spacial score (nSPS) is 12.6. The van der Waals surface area contributed by atoms with Crippen molar-refractivity contribution in [2.24, 2.45) is 0 Å². The number of carbonyl (C=O) groups is 2. The highest BCUT2D eigenvalue weighted by Crippen LogP contribution is 2.16. The summed E-state index contributed by atoms with van der Waals surface area (Å²) < 4.78 is 5.16. The van der Waals surface area contributed by atoms with Crippen LogP contribution in [0.4, 0.5) is 0 Å². The van der Waals surface area contributed by atoms with Gasteiger partial charge in [0.05, 0.1) is 11.9 Å². The number of aryl methyl sites for hydroxylation is 1. The molecule has 0 N–H and O–H groups in total. The van der Waals surface area contributed by atoms with Crippen LogP contribution in [-0.2, 0) is 9.59 Å². The van der Waals surface area contributed by atoms with Crippen molar-refractivity contribution in [3.8, 4) is 0 Å². The Hall–Kier alpha value is -2.30. The van der Waals surface area contributed by atoms with E-state index in [1.807, 2.05) is 0 Å². The zero-order valence-corrected chi connectivity index (χ0v) is 9.35. The third-order valence-electron chi connectivity index (χ3n) is 2.03. The summed E-state index contributed by atoms with van der Waals surface area (Å²) in [5, 5.41) is 21.2. The van der Waals surface area contributed by atoms with E-state index in [1.165, 1.54) is 13.0 Å². The molecule has 17 heavy (non-hydrogen) atoms. The Balaban J connectivity index is 3.14. The quantitative estimate of drug-likeness (QED) is 0.513. The lowest BCUT2D eigenvalue weighted by molar-refractivity contribution is -0.298. The summed E-state index contributed by atoms with van der Waals surface area (Å²) in [6.07, 6.45) is 1.90. The van der Waals surface area contributed by atoms with Gasteiger partial charge in [0.25, 0.3) is 0 Å². The third kappa shape index (κ3) is 3.64. The van der Waals surface area contributed by atoms with Crippen molar-refractivity contribution >= 4 is 18.0 Å². The summed E-state index contributed by atoms with van der Waals surface area (Å²) in [6.45, 7) is 3.05. The highest BCUT2D eigenvalue weighted by atomic mass is 16.4. The summed E-state index contributed by atoms with van der Waals surface area (Å²) >= 11 is 0. The van der Waals surface area contributed by atoms with Gasteiger partial charge in [-0.1, -0.05) is 0 Å². The molecular formula is C12H10O5-2. The first kappa shape index (κ1) is 12.8. The van der Waals surface area contributed by atoms with Gasteiger partial charge in [-0.2, -0.15) is 0 Å². The number of hydrogen-bond acceptors (Lipinski definition) is 5. The SMILES string of the molecule is CC(=CC(=O)[O-])C(=Cc1ccc(C)o1)C(=O)[O-]. The van der Waals surface area contributed by atoms with Crippen LogP contribution in [0.15, 0.2) is 33.8 Å². The van der Waals surface area contributed by atoms with Gasteiger partial charge >= 0.3 is 0 Å². The molecule has 1 aromatic heterocycles. The zero-order valence-electron chi connectivity index (χ0n) is 9.35. The standard InChI is InChI=1S/C12H12O5/c1-7(5-11(13)14)10(12(15)16)6-9-4-3-8(2)17-9/h3-6H,1-2H3,(H,13,14)(H,15,16)/p-2. The van der Waals surface area contributed by atoms with Gasteiger partial charge < -0.3 is 24.2 Å². The van der Waals surface area contributed by atoms with E-state index in [0.717, 1.165) is 0 Å². The predicted octanol–water partition coefficient (Wildman–Crippen LogP) is -0.582. The molecule has 5 heteroatoms. The van der Waals surface area contributed by atoms with Gasteiger partial charge in [0.2, 0.25) is 0 Å². The van der Waals surface area contributed by atoms with E-state index < -0.39 is 11.9 Å². The molecule has 0 fully saturated rings. The number of hydrogen-bond donors (Lipinski definition) is 0. The second kappa shape index (κ2) is 5.16. The molecular weight excluding hydrogens is 224 g/mol. The number of carboxylic acids is 2. The van der Waals surface area contributed by atoms with Gasteiger partial charge in [0.15, 0.2) is 0 Å². The molecule has 0 aromatic carbocycles. The molecule has 1 rings (SSSR count). The summed E-state index contributed by atoms with van der Waals surface area (Å²) in [5.74, 6) is -2.01. The average Bonchev–Trinajstić information content (AvgIpc) is 2.58. The van der Waals surface area contributed by atoms with E-state index >= 15 is 0 Å². The largest absolute Gasteiger partial charge is 0.545 e. The predicted molar refractivity (Wildman–Crippen MR) is 55.2 cm³/mol. The van der Waals surface area contributed by atoms with Crippen molar-refractivity contribution in [2.75, 3.05) is 0 Å². The van der Waals surface area contributed by atoms with E-state index in [1.54, 1.807) is 19.1 Å². The molecule has 1 heterocycles. The van der Waals surface area contributed by atoms with Crippen LogP contribution in [0.25, 0.3) is 6.08 Å². The van der Waals surface area contributed by atoms with E-state index in [9.17, 15) is 19.8 Å². The topological polar surface area (TPSA) is 93.4 Å². The molecule has 0 unspecified atom stereocenters. The van der Waals surface area contributed by atoms with Crippen LogP contribution < -0.4 is 10.2 Å². The van der Waals surface area contributed by atoms with Crippen molar-refractivity contribution in [3.63, 3.8) is 0 Å². The van der Waals surface area contributed by atoms with E-state index in [4.69, 9.17) is 4.42 Å². The molecule has 0 spiro atoms. The van der Waals surface area contributed by atoms with Crippen LogP contribution in [0.1, 0.15) is 18.4 Å². The first-order chi connectivity index (χ1) is 7.90. The minimum atomic E-state index is -1.48. The maximum absolute atomic E-state index is 10.9. The summed E-state index contributed by atoms with van der Waals surface area (Å²) in [4.78, 5) is 21.2. The molecule has 0 saturated carbocycles. The number of rotatable bonds is 4. The second-order valence-corrected chi connectivity index (χ2v) is 3.44. The number of carboxylic acid groups (broad SMARTS) is 2. The Kier molecular flexibility index (Phi) is 3.87. The first-order valence-electron chi connectivity index (χ1n) is 4.79. The van der Waals surface area contributed by atoms with Gasteiger partial charge in [-0.25, -0.2) is 0 Å². The third-order valence-corrected chi connectivity index (χ3v) is 2.03. The number of carbonyl (C=O) groups excluding carboxylic acids is 2. The molecule has 0 aliphatic heterocycles. The van der Waals surface area contributed by atoms with Crippen LogP contribution in [0.5, 0.6) is 0 Å². The second-order valence-electron chi connectivity index (χ2n) is 3.44. The number of furan rings is 1. The summed E-state index contributed by atoms with van der Waals surface area (Å²) in [7, 11) is 0. The lowest BCUT2D eigenvalue weighted by Gasteiger charge is -2.09. The van der Waals surface area contributed by atoms with Crippen molar-refractivity contribution in [1.29, 1.82) is 0 Å². The van der Waals surface area contributed by atoms with E-state index in [0.29, 0.717) is 17.6 Å². The molecule has 0 radical (unpaired) electrons. The fourth-order valence-corrected chi connectivity index (χ4v) is 1.26. The van der Waals surface area contributed by atoms with Gasteiger partial charge in [0, 0.05) is 5.57 Å². The number of aliphatic carboxylic acids is 2. The molecule has 0 amide bonds. The fraction of sp³-hybridized carbons (Fsp3) is 0.167. The van der Waals surface area contributed by atoms with Gasteiger partial charge in [-0.15, -0.1) is 0 Å². The fourth-order valence-electron chi connectivity index (χ4n) is 1.26. The smallest absolute Gasteiger partial charge is 0.127 e. The summed E-state index contributed by atoms with van der Waals surface area (Å²) in [5.41, 5.74) is -0.234. The molecule has 0 aliphatic rings. The monoisotopic (exact) mass is 234 g/mol. The van der Waals surface area contributed by atoms with Crippen molar-refractivity contribution in [1.82, 2.24) is 0 Å². The van der Waals surface area contributed by atoms with E-state index in [2.05, 4.69) is 0 Å². The molecule has 0 aliphatic carbocycles. The van der Waals surface area contributed by atoms with Gasteiger partial charge in [-0.3, -0.25) is 0 Å². The van der Waals surface area contributed by atoms with Crippen LogP contribution in [0.2, 0.25) is 0 Å². The van der Waals surface area contributed by atoms with Crippen LogP contribution in [0.3, 0.4) is 0 Å². The van der Waals surface area contributed by atoms with Crippen molar-refractivity contribution in [2.45, 2.75) is 13.8 Å². The average molecular weight is 234 g/mol. The maximum atomic E-state index is 10.9. The first-order valence-corrected chi connectivity index (χ1v) is 4.79. The van der Waals surface area contributed by atoms with Crippen LogP contribution >= 0.6 is 0 Å². The Labute approximate surface area is 97.7 Å². The Morgan fingerprint density at radius 3 is 2.35 bits per heavy atom. The minimum absolute atomic E-state index is 0.0269. The summed E-state index contributed by atoms with van der Waals surface area (Å²) in [6, 6.07) is 3.24. The molecule has 0 bridgehead atoms. The molecule has 5 nitrogen and oxygen atoms in total. The lowest BCUT2D eigenvalue weighted by Crippen LogP contribution is -2.26. The highest BCUT2D eigenvalue weighted by Gasteiger charge is 2.04. The molecule has 1 aromatic rings. The van der Waals surface area contributed by atoms with Gasteiger partial charge in [-0.05, 0) is 43.7 Å². The Bertz CT molecular complexity index is 505. The lowest BCUT2D eigenvalue weighted by atomic mass is 10.1. The minimum Gasteiger partial charge on any atom is -0.545 e. The molecule has 0 atom stereocenters.